The fourth-order valence-corrected chi connectivity index (χ4v) is 2.49. The van der Waals surface area contributed by atoms with E-state index in [4.69, 9.17) is 4.74 Å². The molecule has 1 N–H and O–H groups in total. The summed E-state index contributed by atoms with van der Waals surface area (Å²) in [6, 6.07) is 7.63. The summed E-state index contributed by atoms with van der Waals surface area (Å²) in [4.78, 5) is 16.5. The number of ether oxygens (including phenoxy) is 1. The van der Waals surface area contributed by atoms with Crippen molar-refractivity contribution in [3.8, 4) is 5.69 Å². The highest BCUT2D eigenvalue weighted by Crippen LogP contribution is 2.18. The maximum atomic E-state index is 12.2. The SMILES string of the molecule is CC(C)(C)c1n[nH]c(COC(=O)c2cnn(-c3cccc(Br)c3)c2)n1. The molecule has 0 aliphatic heterocycles. The van der Waals surface area contributed by atoms with Crippen LogP contribution in [-0.4, -0.2) is 30.9 Å². The summed E-state index contributed by atoms with van der Waals surface area (Å²) in [7, 11) is 0. The van der Waals surface area contributed by atoms with Crippen molar-refractivity contribution < 1.29 is 9.53 Å². The molecule has 25 heavy (non-hydrogen) atoms. The van der Waals surface area contributed by atoms with Gasteiger partial charge in [-0.25, -0.2) is 14.5 Å². The molecule has 130 valence electrons. The number of hydrogen-bond acceptors (Lipinski definition) is 5. The van der Waals surface area contributed by atoms with Crippen molar-refractivity contribution in [1.82, 2.24) is 25.0 Å². The molecule has 0 saturated heterocycles. The van der Waals surface area contributed by atoms with Crippen molar-refractivity contribution >= 4 is 21.9 Å². The number of nitrogens with one attached hydrogen (secondary N) is 1. The second-order valence-electron chi connectivity index (χ2n) is 6.59. The van der Waals surface area contributed by atoms with Gasteiger partial charge in [0.15, 0.2) is 18.3 Å². The maximum Gasteiger partial charge on any atom is 0.341 e. The van der Waals surface area contributed by atoms with Crippen LogP contribution in [0.15, 0.2) is 41.1 Å². The molecule has 8 heteroatoms. The molecule has 0 atom stereocenters. The highest BCUT2D eigenvalue weighted by atomic mass is 79.9. The van der Waals surface area contributed by atoms with Gasteiger partial charge in [0, 0.05) is 16.1 Å². The Hall–Kier alpha value is -2.48. The Labute approximate surface area is 153 Å². The van der Waals surface area contributed by atoms with Crippen LogP contribution in [0.25, 0.3) is 5.69 Å². The van der Waals surface area contributed by atoms with Crippen molar-refractivity contribution in [3.05, 3.63) is 58.3 Å². The predicted octanol–water partition coefficient (Wildman–Crippen LogP) is 3.41. The predicted molar refractivity (Wildman–Crippen MR) is 95.5 cm³/mol. The van der Waals surface area contributed by atoms with Gasteiger partial charge in [-0.15, -0.1) is 0 Å². The van der Waals surface area contributed by atoms with E-state index < -0.39 is 5.97 Å². The lowest BCUT2D eigenvalue weighted by atomic mass is 9.96. The Bertz CT molecular complexity index is 894. The second-order valence-corrected chi connectivity index (χ2v) is 7.50. The number of carbonyl (C=O) groups excluding carboxylic acids is 1. The average molecular weight is 404 g/mol. The van der Waals surface area contributed by atoms with Crippen molar-refractivity contribution in [2.24, 2.45) is 0 Å². The standard InChI is InChI=1S/C17H18BrN5O2/c1-17(2,3)16-20-14(21-22-16)10-25-15(24)11-8-19-23(9-11)13-6-4-5-12(18)7-13/h4-9H,10H2,1-3H3,(H,20,21,22). The zero-order valence-corrected chi connectivity index (χ0v) is 15.7. The molecule has 3 rings (SSSR count). The molecule has 3 aromatic rings. The molecule has 0 aliphatic carbocycles. The van der Waals surface area contributed by atoms with Crippen molar-refractivity contribution in [1.29, 1.82) is 0 Å². The molecule has 0 fully saturated rings. The maximum absolute atomic E-state index is 12.2. The highest BCUT2D eigenvalue weighted by Gasteiger charge is 2.20. The zero-order valence-electron chi connectivity index (χ0n) is 14.2. The number of hydrogen-bond donors (Lipinski definition) is 1. The molecule has 0 unspecified atom stereocenters. The number of benzene rings is 1. The first kappa shape index (κ1) is 17.3. The topological polar surface area (TPSA) is 85.7 Å². The Kier molecular flexibility index (Phi) is 4.71. The molecule has 0 radical (unpaired) electrons. The molecule has 0 spiro atoms. The van der Waals surface area contributed by atoms with Gasteiger partial charge in [-0.3, -0.25) is 5.10 Å². The summed E-state index contributed by atoms with van der Waals surface area (Å²) >= 11 is 3.41. The lowest BCUT2D eigenvalue weighted by Crippen LogP contribution is -2.13. The fourth-order valence-electron chi connectivity index (χ4n) is 2.10. The van der Waals surface area contributed by atoms with E-state index >= 15 is 0 Å². The summed E-state index contributed by atoms with van der Waals surface area (Å²) in [6.07, 6.45) is 3.11. The molecular weight excluding hydrogens is 386 g/mol. The lowest BCUT2D eigenvalue weighted by molar-refractivity contribution is 0.0462. The average Bonchev–Trinajstić information content (AvgIpc) is 3.21. The van der Waals surface area contributed by atoms with Gasteiger partial charge in [0.05, 0.1) is 17.4 Å². The number of esters is 1. The first-order valence-electron chi connectivity index (χ1n) is 7.72. The third-order valence-electron chi connectivity index (χ3n) is 3.43. The van der Waals surface area contributed by atoms with Crippen LogP contribution < -0.4 is 0 Å². The quantitative estimate of drug-likeness (QED) is 0.674. The molecular formula is C17H18BrN5O2. The van der Waals surface area contributed by atoms with Crippen LogP contribution in [0.3, 0.4) is 0 Å². The van der Waals surface area contributed by atoms with Gasteiger partial charge < -0.3 is 4.74 Å². The Balaban J connectivity index is 1.65. The molecule has 2 aromatic heterocycles. The first-order valence-corrected chi connectivity index (χ1v) is 8.52. The summed E-state index contributed by atoms with van der Waals surface area (Å²) < 4.78 is 7.83. The third-order valence-corrected chi connectivity index (χ3v) is 3.93. The number of aromatic amines is 1. The van der Waals surface area contributed by atoms with Crippen LogP contribution in [0.1, 0.15) is 42.8 Å². The Morgan fingerprint density at radius 2 is 2.16 bits per heavy atom. The third kappa shape index (κ3) is 4.14. The number of rotatable bonds is 4. The number of halogens is 1. The van der Waals surface area contributed by atoms with Crippen molar-refractivity contribution in [2.45, 2.75) is 32.8 Å². The highest BCUT2D eigenvalue weighted by molar-refractivity contribution is 9.10. The molecule has 1 aromatic carbocycles. The molecule has 7 nitrogen and oxygen atoms in total. The minimum atomic E-state index is -0.463. The molecule has 2 heterocycles. The largest absolute Gasteiger partial charge is 0.454 e. The van der Waals surface area contributed by atoms with E-state index in [1.807, 2.05) is 45.0 Å². The monoisotopic (exact) mass is 403 g/mol. The van der Waals surface area contributed by atoms with Gasteiger partial charge in [0.1, 0.15) is 0 Å². The van der Waals surface area contributed by atoms with Crippen LogP contribution in [0.2, 0.25) is 0 Å². The van der Waals surface area contributed by atoms with Crippen molar-refractivity contribution in [2.75, 3.05) is 0 Å². The van der Waals surface area contributed by atoms with Crippen LogP contribution in [0.5, 0.6) is 0 Å². The van der Waals surface area contributed by atoms with E-state index in [1.54, 1.807) is 10.9 Å². The zero-order chi connectivity index (χ0) is 18.0. The van der Waals surface area contributed by atoms with E-state index in [0.29, 0.717) is 17.2 Å². The summed E-state index contributed by atoms with van der Waals surface area (Å²) in [6.45, 7) is 6.08. The smallest absolute Gasteiger partial charge is 0.341 e. The minimum Gasteiger partial charge on any atom is -0.454 e. The minimum absolute atomic E-state index is 0.0317. The van der Waals surface area contributed by atoms with Crippen LogP contribution in [0.4, 0.5) is 0 Å². The van der Waals surface area contributed by atoms with Gasteiger partial charge in [-0.05, 0) is 18.2 Å². The van der Waals surface area contributed by atoms with Crippen molar-refractivity contribution in [3.63, 3.8) is 0 Å². The van der Waals surface area contributed by atoms with Gasteiger partial charge in [-0.2, -0.15) is 10.2 Å². The summed E-state index contributed by atoms with van der Waals surface area (Å²) in [5.74, 6) is 0.730. The number of nitrogens with zero attached hydrogens (tertiary/aromatic N) is 4. The van der Waals surface area contributed by atoms with Crippen LogP contribution in [0, 0.1) is 0 Å². The second kappa shape index (κ2) is 6.79. The van der Waals surface area contributed by atoms with E-state index in [9.17, 15) is 4.79 Å². The van der Waals surface area contributed by atoms with Crippen LogP contribution in [-0.2, 0) is 16.8 Å². The first-order chi connectivity index (χ1) is 11.8. The van der Waals surface area contributed by atoms with Gasteiger partial charge >= 0.3 is 5.97 Å². The Morgan fingerprint density at radius 3 is 2.84 bits per heavy atom. The normalized spacial score (nSPS) is 11.5. The van der Waals surface area contributed by atoms with E-state index in [0.717, 1.165) is 10.2 Å². The van der Waals surface area contributed by atoms with Crippen LogP contribution >= 0.6 is 15.9 Å². The number of H-pyrrole nitrogens is 1. The van der Waals surface area contributed by atoms with Gasteiger partial charge in [0.2, 0.25) is 0 Å². The fraction of sp³-hybridized carbons (Fsp3) is 0.294. The molecule has 0 bridgehead atoms. The number of aromatic nitrogens is 5. The van der Waals surface area contributed by atoms with Gasteiger partial charge in [-0.1, -0.05) is 42.8 Å². The van der Waals surface area contributed by atoms with Gasteiger partial charge in [0.25, 0.3) is 0 Å². The summed E-state index contributed by atoms with van der Waals surface area (Å²) in [5, 5.41) is 11.1. The Morgan fingerprint density at radius 1 is 1.36 bits per heavy atom. The lowest BCUT2D eigenvalue weighted by Gasteiger charge is -2.11. The van der Waals surface area contributed by atoms with E-state index in [1.165, 1.54) is 6.20 Å². The molecule has 0 saturated carbocycles. The van der Waals surface area contributed by atoms with E-state index in [-0.39, 0.29) is 12.0 Å². The summed E-state index contributed by atoms with van der Waals surface area (Å²) in [5.41, 5.74) is 1.05. The van der Waals surface area contributed by atoms with E-state index in [2.05, 4.69) is 36.2 Å². The molecule has 0 aliphatic rings. The molecule has 0 amide bonds. The number of carbonyl (C=O) groups is 1.